The highest BCUT2D eigenvalue weighted by molar-refractivity contribution is 6.31. The molecule has 3 nitrogen and oxygen atoms in total. The Morgan fingerprint density at radius 2 is 1.75 bits per heavy atom. The molecule has 4 heteroatoms. The summed E-state index contributed by atoms with van der Waals surface area (Å²) in [6, 6.07) is 17.7. The van der Waals surface area contributed by atoms with Crippen molar-refractivity contribution in [2.24, 2.45) is 0 Å². The first-order valence-electron chi connectivity index (χ1n) is 7.62. The zero-order chi connectivity index (χ0) is 16.1. The topological polar surface area (TPSA) is 38.9 Å². The van der Waals surface area contributed by atoms with Crippen molar-refractivity contribution in [2.45, 2.75) is 0 Å². The van der Waals surface area contributed by atoms with E-state index >= 15 is 0 Å². The van der Waals surface area contributed by atoms with Gasteiger partial charge in [-0.1, -0.05) is 35.9 Å². The Bertz CT molecular complexity index is 1220. The van der Waals surface area contributed by atoms with Crippen LogP contribution in [0.15, 0.2) is 71.4 Å². The van der Waals surface area contributed by atoms with Crippen molar-refractivity contribution in [1.82, 2.24) is 9.97 Å². The van der Waals surface area contributed by atoms with Gasteiger partial charge in [0.15, 0.2) is 0 Å². The number of aromatic nitrogens is 2. The van der Waals surface area contributed by atoms with E-state index < -0.39 is 0 Å². The Hall–Kier alpha value is -2.91. The summed E-state index contributed by atoms with van der Waals surface area (Å²) in [5.74, 6) is 0. The summed E-state index contributed by atoms with van der Waals surface area (Å²) in [4.78, 5) is 9.19. The molecule has 0 bridgehead atoms. The van der Waals surface area contributed by atoms with Gasteiger partial charge in [0.2, 0.25) is 0 Å². The van der Waals surface area contributed by atoms with Crippen LogP contribution in [0.3, 0.4) is 0 Å². The molecule has 0 amide bonds. The van der Waals surface area contributed by atoms with E-state index in [2.05, 4.69) is 22.1 Å². The Balaban J connectivity index is 1.94. The van der Waals surface area contributed by atoms with E-state index in [1.54, 1.807) is 12.4 Å². The smallest absolute Gasteiger partial charge is 0.139 e. The molecule has 5 rings (SSSR count). The van der Waals surface area contributed by atoms with E-state index in [-0.39, 0.29) is 0 Å². The minimum atomic E-state index is 0.655. The van der Waals surface area contributed by atoms with E-state index in [0.29, 0.717) is 5.02 Å². The molecule has 5 aromatic rings. The Morgan fingerprint density at radius 3 is 2.71 bits per heavy atom. The fourth-order valence-corrected chi connectivity index (χ4v) is 3.36. The second kappa shape index (κ2) is 5.05. The van der Waals surface area contributed by atoms with E-state index in [1.807, 2.05) is 42.5 Å². The molecule has 0 atom stereocenters. The molecule has 114 valence electrons. The molecule has 0 radical (unpaired) electrons. The van der Waals surface area contributed by atoms with Crippen LogP contribution < -0.4 is 0 Å². The number of furan rings is 1. The molecule has 3 heterocycles. The van der Waals surface area contributed by atoms with Crippen molar-refractivity contribution >= 4 is 44.4 Å². The third-order valence-corrected chi connectivity index (χ3v) is 4.47. The lowest BCUT2D eigenvalue weighted by Gasteiger charge is -2.06. The lowest BCUT2D eigenvalue weighted by atomic mass is 10.0. The molecular formula is C20H11ClN2O. The first kappa shape index (κ1) is 13.5. The van der Waals surface area contributed by atoms with Crippen molar-refractivity contribution < 1.29 is 4.42 Å². The van der Waals surface area contributed by atoms with E-state index in [9.17, 15) is 0 Å². The fraction of sp³-hybridized carbons (Fsp3) is 0. The van der Waals surface area contributed by atoms with Gasteiger partial charge in [0.25, 0.3) is 0 Å². The highest BCUT2D eigenvalue weighted by Crippen LogP contribution is 2.37. The van der Waals surface area contributed by atoms with Gasteiger partial charge in [0.05, 0.1) is 16.6 Å². The van der Waals surface area contributed by atoms with Crippen molar-refractivity contribution in [3.8, 4) is 11.3 Å². The van der Waals surface area contributed by atoms with Crippen LogP contribution in [-0.2, 0) is 0 Å². The number of fused-ring (bicyclic) bond motifs is 4. The van der Waals surface area contributed by atoms with Gasteiger partial charge in [-0.25, -0.2) is 0 Å². The van der Waals surface area contributed by atoms with Crippen molar-refractivity contribution in [2.75, 3.05) is 0 Å². The normalized spacial score (nSPS) is 11.5. The number of hydrogen-bond donors (Lipinski definition) is 0. The van der Waals surface area contributed by atoms with Crippen LogP contribution in [0.1, 0.15) is 0 Å². The van der Waals surface area contributed by atoms with Crippen LogP contribution in [0.4, 0.5) is 0 Å². The summed E-state index contributed by atoms with van der Waals surface area (Å²) in [5.41, 5.74) is 4.36. The zero-order valence-electron chi connectivity index (χ0n) is 12.5. The van der Waals surface area contributed by atoms with Gasteiger partial charge < -0.3 is 4.42 Å². The van der Waals surface area contributed by atoms with Crippen LogP contribution in [-0.4, -0.2) is 9.97 Å². The van der Waals surface area contributed by atoms with Gasteiger partial charge in [0, 0.05) is 39.8 Å². The minimum absolute atomic E-state index is 0.655. The van der Waals surface area contributed by atoms with E-state index in [0.717, 1.165) is 44.1 Å². The second-order valence-corrected chi connectivity index (χ2v) is 6.09. The Morgan fingerprint density at radius 1 is 0.833 bits per heavy atom. The average molecular weight is 331 g/mol. The number of nitrogens with zero attached hydrogens (tertiary/aromatic N) is 2. The summed E-state index contributed by atoms with van der Waals surface area (Å²) < 4.78 is 5.96. The molecule has 0 N–H and O–H groups in total. The molecule has 0 aliphatic rings. The first-order chi connectivity index (χ1) is 11.8. The SMILES string of the molecule is Clc1ccc2c(c1)oc1ccnc(-c3cccc4cccnc34)c12. The van der Waals surface area contributed by atoms with Gasteiger partial charge in [-0.3, -0.25) is 9.97 Å². The fourth-order valence-electron chi connectivity index (χ4n) is 3.19. The number of pyridine rings is 2. The molecule has 0 aliphatic carbocycles. The van der Waals surface area contributed by atoms with E-state index in [1.165, 1.54) is 0 Å². The quantitative estimate of drug-likeness (QED) is 0.387. The average Bonchev–Trinajstić information content (AvgIpc) is 2.98. The highest BCUT2D eigenvalue weighted by atomic mass is 35.5. The maximum Gasteiger partial charge on any atom is 0.139 e. The van der Waals surface area contributed by atoms with Crippen LogP contribution in [0.2, 0.25) is 5.02 Å². The molecule has 2 aromatic carbocycles. The molecule has 0 aliphatic heterocycles. The predicted molar refractivity (Wildman–Crippen MR) is 97.3 cm³/mol. The highest BCUT2D eigenvalue weighted by Gasteiger charge is 2.15. The van der Waals surface area contributed by atoms with E-state index in [4.69, 9.17) is 16.0 Å². The number of para-hydroxylation sites is 1. The molecule has 0 unspecified atom stereocenters. The van der Waals surface area contributed by atoms with Gasteiger partial charge in [-0.2, -0.15) is 0 Å². The molecule has 3 aromatic heterocycles. The summed E-state index contributed by atoms with van der Waals surface area (Å²) >= 11 is 6.10. The standard InChI is InChI=1S/C20H11ClN2O/c21-13-6-7-14-17(11-13)24-16-8-10-23-20(18(14)16)15-5-1-3-12-4-2-9-22-19(12)15/h1-11H. The zero-order valence-corrected chi connectivity index (χ0v) is 13.3. The molecule has 0 spiro atoms. The summed E-state index contributed by atoms with van der Waals surface area (Å²) in [7, 11) is 0. The lowest BCUT2D eigenvalue weighted by molar-refractivity contribution is 0.668. The maximum atomic E-state index is 6.10. The third kappa shape index (κ3) is 1.92. The maximum absolute atomic E-state index is 6.10. The molecule has 0 fully saturated rings. The number of halogens is 1. The molecular weight excluding hydrogens is 320 g/mol. The van der Waals surface area contributed by atoms with Gasteiger partial charge >= 0.3 is 0 Å². The van der Waals surface area contributed by atoms with Gasteiger partial charge in [-0.15, -0.1) is 0 Å². The Kier molecular flexibility index (Phi) is 2.84. The second-order valence-electron chi connectivity index (χ2n) is 5.66. The molecule has 24 heavy (non-hydrogen) atoms. The van der Waals surface area contributed by atoms with Crippen LogP contribution >= 0.6 is 11.6 Å². The largest absolute Gasteiger partial charge is 0.456 e. The van der Waals surface area contributed by atoms with Crippen molar-refractivity contribution in [1.29, 1.82) is 0 Å². The number of benzene rings is 2. The first-order valence-corrected chi connectivity index (χ1v) is 8.00. The summed E-state index contributed by atoms with van der Waals surface area (Å²) in [5, 5.41) is 3.74. The van der Waals surface area contributed by atoms with Crippen molar-refractivity contribution in [3.63, 3.8) is 0 Å². The third-order valence-electron chi connectivity index (χ3n) is 4.23. The van der Waals surface area contributed by atoms with Crippen molar-refractivity contribution in [3.05, 3.63) is 72.0 Å². The number of rotatable bonds is 1. The summed E-state index contributed by atoms with van der Waals surface area (Å²) in [6.07, 6.45) is 3.57. The van der Waals surface area contributed by atoms with Gasteiger partial charge in [0.1, 0.15) is 11.2 Å². The lowest BCUT2D eigenvalue weighted by Crippen LogP contribution is -1.88. The van der Waals surface area contributed by atoms with Crippen LogP contribution in [0, 0.1) is 0 Å². The predicted octanol–water partition coefficient (Wildman–Crippen LogP) is 5.85. The Labute approximate surface area is 142 Å². The minimum Gasteiger partial charge on any atom is -0.456 e. The molecule has 0 saturated carbocycles. The van der Waals surface area contributed by atoms with Gasteiger partial charge in [-0.05, 0) is 24.3 Å². The number of hydrogen-bond acceptors (Lipinski definition) is 3. The van der Waals surface area contributed by atoms with Crippen LogP contribution in [0.25, 0.3) is 44.1 Å². The summed E-state index contributed by atoms with van der Waals surface area (Å²) in [6.45, 7) is 0. The molecule has 0 saturated heterocycles. The van der Waals surface area contributed by atoms with Crippen LogP contribution in [0.5, 0.6) is 0 Å². The monoisotopic (exact) mass is 330 g/mol.